The molecule has 0 radical (unpaired) electrons. The van der Waals surface area contributed by atoms with E-state index in [1.54, 1.807) is 0 Å². The molecular formula is C13H20N2. The Labute approximate surface area is 92.1 Å². The van der Waals surface area contributed by atoms with Crippen molar-refractivity contribution in [2.24, 2.45) is 5.92 Å². The predicted octanol–water partition coefficient (Wildman–Crippen LogP) is 2.40. The second-order valence-electron chi connectivity index (χ2n) is 4.68. The van der Waals surface area contributed by atoms with E-state index >= 15 is 0 Å². The van der Waals surface area contributed by atoms with Crippen LogP contribution in [0.15, 0.2) is 24.5 Å². The van der Waals surface area contributed by atoms with Gasteiger partial charge in [-0.15, -0.1) is 0 Å². The molecule has 0 aromatic carbocycles. The maximum Gasteiger partial charge on any atom is 0.0270 e. The molecule has 1 aliphatic rings. The molecule has 1 aromatic heterocycles. The smallest absolute Gasteiger partial charge is 0.0270 e. The highest BCUT2D eigenvalue weighted by Crippen LogP contribution is 2.19. The summed E-state index contributed by atoms with van der Waals surface area (Å²) < 4.78 is 0. The van der Waals surface area contributed by atoms with Crippen LogP contribution in [0.3, 0.4) is 0 Å². The molecule has 1 aromatic rings. The third kappa shape index (κ3) is 4.00. The van der Waals surface area contributed by atoms with Crippen molar-refractivity contribution >= 4 is 0 Å². The van der Waals surface area contributed by atoms with Gasteiger partial charge in [0, 0.05) is 18.4 Å². The fourth-order valence-corrected chi connectivity index (χ4v) is 1.72. The van der Waals surface area contributed by atoms with Crippen molar-refractivity contribution in [3.05, 3.63) is 30.1 Å². The van der Waals surface area contributed by atoms with Crippen LogP contribution in [0.1, 0.15) is 31.7 Å². The van der Waals surface area contributed by atoms with E-state index in [1.165, 1.54) is 37.8 Å². The van der Waals surface area contributed by atoms with Gasteiger partial charge >= 0.3 is 0 Å². The monoisotopic (exact) mass is 204 g/mol. The van der Waals surface area contributed by atoms with Crippen molar-refractivity contribution in [3.63, 3.8) is 0 Å². The number of nitrogens with zero attached hydrogens (tertiary/aromatic N) is 1. The fraction of sp³-hybridized carbons (Fsp3) is 0.615. The summed E-state index contributed by atoms with van der Waals surface area (Å²) >= 11 is 0. The van der Waals surface area contributed by atoms with Gasteiger partial charge in [0.25, 0.3) is 0 Å². The Hall–Kier alpha value is -0.890. The lowest BCUT2D eigenvalue weighted by Gasteiger charge is -2.11. The molecule has 0 aliphatic heterocycles. The number of hydrogen-bond donors (Lipinski definition) is 1. The summed E-state index contributed by atoms with van der Waals surface area (Å²) in [5.74, 6) is 0.777. The quantitative estimate of drug-likeness (QED) is 0.769. The first-order chi connectivity index (χ1) is 7.34. The first kappa shape index (κ1) is 10.6. The predicted molar refractivity (Wildman–Crippen MR) is 62.7 cm³/mol. The summed E-state index contributed by atoms with van der Waals surface area (Å²) in [6.07, 6.45) is 8.97. The van der Waals surface area contributed by atoms with Crippen molar-refractivity contribution in [1.82, 2.24) is 10.3 Å². The molecule has 1 atom stereocenters. The van der Waals surface area contributed by atoms with Gasteiger partial charge < -0.3 is 5.32 Å². The number of nitrogens with one attached hydrogen (secondary N) is 1. The number of hydrogen-bond acceptors (Lipinski definition) is 2. The Bertz CT molecular complexity index is 280. The second-order valence-corrected chi connectivity index (χ2v) is 4.68. The molecule has 82 valence electrons. The molecule has 15 heavy (non-hydrogen) atoms. The number of aromatic nitrogens is 1. The highest BCUT2D eigenvalue weighted by molar-refractivity contribution is 5.09. The second kappa shape index (κ2) is 5.26. The van der Waals surface area contributed by atoms with Gasteiger partial charge in [0.1, 0.15) is 0 Å². The van der Waals surface area contributed by atoms with Crippen molar-refractivity contribution in [3.8, 4) is 0 Å². The van der Waals surface area contributed by atoms with Gasteiger partial charge in [-0.05, 0) is 55.8 Å². The average molecular weight is 204 g/mol. The van der Waals surface area contributed by atoms with Gasteiger partial charge in [0.2, 0.25) is 0 Å². The molecule has 2 nitrogen and oxygen atoms in total. The lowest BCUT2D eigenvalue weighted by Crippen LogP contribution is -2.23. The zero-order chi connectivity index (χ0) is 10.5. The topological polar surface area (TPSA) is 24.9 Å². The third-order valence-electron chi connectivity index (χ3n) is 3.01. The summed E-state index contributed by atoms with van der Waals surface area (Å²) in [4.78, 5) is 4.03. The van der Waals surface area contributed by atoms with Crippen LogP contribution in [-0.2, 0) is 6.42 Å². The molecule has 0 bridgehead atoms. The molecular weight excluding hydrogens is 184 g/mol. The highest BCUT2D eigenvalue weighted by atomic mass is 14.9. The summed E-state index contributed by atoms with van der Waals surface area (Å²) in [6.45, 7) is 3.51. The lowest BCUT2D eigenvalue weighted by molar-refractivity contribution is 0.479. The van der Waals surface area contributed by atoms with E-state index in [0.29, 0.717) is 0 Å². The summed E-state index contributed by atoms with van der Waals surface area (Å²) in [5, 5.41) is 3.58. The minimum atomic E-state index is 0.777. The Morgan fingerprint density at radius 3 is 2.80 bits per heavy atom. The van der Waals surface area contributed by atoms with E-state index < -0.39 is 0 Å². The molecule has 1 saturated carbocycles. The Morgan fingerprint density at radius 2 is 2.13 bits per heavy atom. The minimum Gasteiger partial charge on any atom is -0.314 e. The molecule has 2 rings (SSSR count). The molecule has 0 spiro atoms. The van der Waals surface area contributed by atoms with E-state index in [4.69, 9.17) is 0 Å². The van der Waals surface area contributed by atoms with Crippen molar-refractivity contribution in [2.45, 2.75) is 38.6 Å². The molecule has 1 fully saturated rings. The van der Waals surface area contributed by atoms with Crippen molar-refractivity contribution in [1.29, 1.82) is 0 Å². The van der Waals surface area contributed by atoms with Crippen LogP contribution in [-0.4, -0.2) is 17.6 Å². The van der Waals surface area contributed by atoms with Crippen LogP contribution in [0.25, 0.3) is 0 Å². The maximum atomic E-state index is 4.03. The van der Waals surface area contributed by atoms with Crippen LogP contribution in [0, 0.1) is 5.92 Å². The van der Waals surface area contributed by atoms with E-state index in [2.05, 4.69) is 29.4 Å². The molecule has 0 amide bonds. The zero-order valence-electron chi connectivity index (χ0n) is 9.45. The van der Waals surface area contributed by atoms with Gasteiger partial charge in [-0.2, -0.15) is 0 Å². The van der Waals surface area contributed by atoms with Gasteiger partial charge in [-0.25, -0.2) is 0 Å². The molecule has 1 heterocycles. The molecule has 1 aliphatic carbocycles. The van der Waals surface area contributed by atoms with Crippen LogP contribution in [0.4, 0.5) is 0 Å². The fourth-order valence-electron chi connectivity index (χ4n) is 1.72. The molecule has 1 N–H and O–H groups in total. The number of rotatable bonds is 6. The Balaban J connectivity index is 1.63. The Morgan fingerprint density at radius 1 is 1.40 bits per heavy atom. The molecule has 1 unspecified atom stereocenters. The number of pyridine rings is 1. The standard InChI is InChI=1S/C13H20N2/c1-11(10-15-13-4-5-13)2-3-12-6-8-14-9-7-12/h6-9,11,13,15H,2-5,10H2,1H3. The van der Waals surface area contributed by atoms with Crippen LogP contribution < -0.4 is 5.32 Å². The summed E-state index contributed by atoms with van der Waals surface area (Å²) in [5.41, 5.74) is 1.41. The molecule has 0 saturated heterocycles. The highest BCUT2D eigenvalue weighted by Gasteiger charge is 2.20. The van der Waals surface area contributed by atoms with Gasteiger partial charge in [-0.1, -0.05) is 6.92 Å². The first-order valence-electron chi connectivity index (χ1n) is 5.97. The van der Waals surface area contributed by atoms with Crippen molar-refractivity contribution in [2.75, 3.05) is 6.54 Å². The van der Waals surface area contributed by atoms with E-state index in [9.17, 15) is 0 Å². The van der Waals surface area contributed by atoms with Crippen molar-refractivity contribution < 1.29 is 0 Å². The minimum absolute atomic E-state index is 0.777. The van der Waals surface area contributed by atoms with Crippen LogP contribution in [0.2, 0.25) is 0 Å². The summed E-state index contributed by atoms with van der Waals surface area (Å²) in [6, 6.07) is 5.07. The maximum absolute atomic E-state index is 4.03. The number of aryl methyl sites for hydroxylation is 1. The zero-order valence-corrected chi connectivity index (χ0v) is 9.45. The lowest BCUT2D eigenvalue weighted by atomic mass is 10.0. The SMILES string of the molecule is CC(CCc1ccncc1)CNC1CC1. The summed E-state index contributed by atoms with van der Waals surface area (Å²) in [7, 11) is 0. The van der Waals surface area contributed by atoms with Gasteiger partial charge in [-0.3, -0.25) is 4.98 Å². The third-order valence-corrected chi connectivity index (χ3v) is 3.01. The first-order valence-corrected chi connectivity index (χ1v) is 5.97. The van der Waals surface area contributed by atoms with Crippen LogP contribution >= 0.6 is 0 Å². The van der Waals surface area contributed by atoms with E-state index in [-0.39, 0.29) is 0 Å². The largest absolute Gasteiger partial charge is 0.314 e. The van der Waals surface area contributed by atoms with Crippen LogP contribution in [0.5, 0.6) is 0 Å². The van der Waals surface area contributed by atoms with Gasteiger partial charge in [0.05, 0.1) is 0 Å². The normalized spacial score (nSPS) is 17.7. The van der Waals surface area contributed by atoms with Gasteiger partial charge in [0.15, 0.2) is 0 Å². The van der Waals surface area contributed by atoms with E-state index in [0.717, 1.165) is 12.0 Å². The average Bonchev–Trinajstić information content (AvgIpc) is 3.09. The van der Waals surface area contributed by atoms with E-state index in [1.807, 2.05) is 12.4 Å². The Kier molecular flexibility index (Phi) is 3.73. The molecule has 2 heteroatoms.